The summed E-state index contributed by atoms with van der Waals surface area (Å²) in [5.41, 5.74) is 0. The molecule has 0 saturated carbocycles. The number of carbonyl (C=O) groups excluding carboxylic acids is 1. The van der Waals surface area contributed by atoms with Crippen molar-refractivity contribution < 1.29 is 9.53 Å². The van der Waals surface area contributed by atoms with Crippen LogP contribution in [0.5, 0.6) is 5.75 Å². The monoisotopic (exact) mass is 231 g/mol. The largest absolute Gasteiger partial charge is 0.467 e. The quantitative estimate of drug-likeness (QED) is 0.593. The molecule has 0 saturated heterocycles. The number of hydrogen-bond donors (Lipinski definition) is 0. The fourth-order valence-electron chi connectivity index (χ4n) is 0.855. The molecule has 0 bridgehead atoms. The van der Waals surface area contributed by atoms with Crippen LogP contribution >= 0.6 is 23.2 Å². The van der Waals surface area contributed by atoms with Crippen LogP contribution in [0.15, 0.2) is 23.2 Å². The Kier molecular flexibility index (Phi) is 3.96. The van der Waals surface area contributed by atoms with Gasteiger partial charge in [-0.05, 0) is 25.1 Å². The van der Waals surface area contributed by atoms with Gasteiger partial charge < -0.3 is 4.74 Å². The van der Waals surface area contributed by atoms with Crippen molar-refractivity contribution in [2.45, 2.75) is 13.2 Å². The first-order valence-electron chi connectivity index (χ1n) is 3.82. The normalized spacial score (nSPS) is 11.6. The van der Waals surface area contributed by atoms with Crippen LogP contribution < -0.4 is 4.74 Å². The van der Waals surface area contributed by atoms with Gasteiger partial charge in [0.05, 0.1) is 5.02 Å². The van der Waals surface area contributed by atoms with Crippen LogP contribution in [-0.2, 0) is 4.79 Å². The number of ether oxygens (including phenoxy) is 1. The van der Waals surface area contributed by atoms with Gasteiger partial charge in [-0.3, -0.25) is 0 Å². The number of halogens is 2. The highest BCUT2D eigenvalue weighted by Crippen LogP contribution is 2.28. The molecule has 1 rings (SSSR count). The van der Waals surface area contributed by atoms with Gasteiger partial charge in [0.25, 0.3) is 0 Å². The van der Waals surface area contributed by atoms with Crippen LogP contribution in [0.4, 0.5) is 0 Å². The molecule has 14 heavy (non-hydrogen) atoms. The summed E-state index contributed by atoms with van der Waals surface area (Å²) in [5.74, 6) is 0.433. The fraction of sp³-hybridized carbons (Fsp3) is 0.222. The van der Waals surface area contributed by atoms with Gasteiger partial charge in [-0.15, -0.1) is 0 Å². The zero-order chi connectivity index (χ0) is 10.6. The van der Waals surface area contributed by atoms with E-state index in [9.17, 15) is 4.79 Å². The third kappa shape index (κ3) is 3.04. The molecule has 0 heterocycles. The van der Waals surface area contributed by atoms with Crippen molar-refractivity contribution in [3.05, 3.63) is 28.2 Å². The third-order valence-corrected chi connectivity index (χ3v) is 1.96. The molecule has 3 nitrogen and oxygen atoms in total. The minimum atomic E-state index is -0.605. The standard InChI is InChI=1S/C9H7Cl2NO2/c1-6(12-5-13)14-9-3-2-7(10)4-8(9)11/h2-4,6H,1H3. The Bertz CT molecular complexity index is 375. The lowest BCUT2D eigenvalue weighted by molar-refractivity contribution is 0.232. The number of hydrogen-bond acceptors (Lipinski definition) is 3. The van der Waals surface area contributed by atoms with E-state index >= 15 is 0 Å². The highest BCUT2D eigenvalue weighted by molar-refractivity contribution is 6.35. The van der Waals surface area contributed by atoms with E-state index in [0.29, 0.717) is 15.8 Å². The van der Waals surface area contributed by atoms with E-state index in [1.54, 1.807) is 25.1 Å². The van der Waals surface area contributed by atoms with Gasteiger partial charge in [-0.1, -0.05) is 23.2 Å². The van der Waals surface area contributed by atoms with Gasteiger partial charge in [-0.25, -0.2) is 4.79 Å². The van der Waals surface area contributed by atoms with E-state index in [-0.39, 0.29) is 0 Å². The number of isocyanates is 1. The number of rotatable bonds is 3. The molecule has 0 aliphatic carbocycles. The van der Waals surface area contributed by atoms with Crippen molar-refractivity contribution >= 4 is 29.3 Å². The zero-order valence-corrected chi connectivity index (χ0v) is 8.84. The highest BCUT2D eigenvalue weighted by atomic mass is 35.5. The average Bonchev–Trinajstić information content (AvgIpc) is 2.10. The van der Waals surface area contributed by atoms with Crippen LogP contribution in [0.3, 0.4) is 0 Å². The number of aliphatic imine (C=N–C) groups is 1. The molecule has 1 aromatic carbocycles. The minimum absolute atomic E-state index is 0.380. The summed E-state index contributed by atoms with van der Waals surface area (Å²) in [7, 11) is 0. The topological polar surface area (TPSA) is 38.7 Å². The van der Waals surface area contributed by atoms with E-state index in [1.807, 2.05) is 0 Å². The maximum atomic E-state index is 9.92. The Balaban J connectivity index is 2.81. The van der Waals surface area contributed by atoms with Gasteiger partial charge in [0.2, 0.25) is 6.08 Å². The van der Waals surface area contributed by atoms with E-state index in [1.165, 1.54) is 6.08 Å². The molecule has 74 valence electrons. The van der Waals surface area contributed by atoms with E-state index in [0.717, 1.165) is 0 Å². The SMILES string of the molecule is CC(N=C=O)Oc1ccc(Cl)cc1Cl. The summed E-state index contributed by atoms with van der Waals surface area (Å²) in [6.45, 7) is 1.61. The van der Waals surface area contributed by atoms with Gasteiger partial charge in [-0.2, -0.15) is 4.99 Å². The lowest BCUT2D eigenvalue weighted by Gasteiger charge is -2.09. The second-order valence-corrected chi connectivity index (χ2v) is 3.36. The smallest absolute Gasteiger partial charge is 0.238 e. The predicted molar refractivity (Wildman–Crippen MR) is 54.7 cm³/mol. The van der Waals surface area contributed by atoms with Crippen molar-refractivity contribution in [1.82, 2.24) is 0 Å². The van der Waals surface area contributed by atoms with Crippen molar-refractivity contribution in [1.29, 1.82) is 0 Å². The molecule has 0 N–H and O–H groups in total. The van der Waals surface area contributed by atoms with Crippen molar-refractivity contribution in [2.24, 2.45) is 4.99 Å². The summed E-state index contributed by atoms with van der Waals surface area (Å²) in [4.78, 5) is 13.3. The Labute approximate surface area is 91.3 Å². The summed E-state index contributed by atoms with van der Waals surface area (Å²) in [6.07, 6.45) is 0.794. The van der Waals surface area contributed by atoms with Crippen LogP contribution in [0.2, 0.25) is 10.0 Å². The van der Waals surface area contributed by atoms with Crippen molar-refractivity contribution in [3.63, 3.8) is 0 Å². The van der Waals surface area contributed by atoms with E-state index in [4.69, 9.17) is 27.9 Å². The number of nitrogens with zero attached hydrogens (tertiary/aromatic N) is 1. The van der Waals surface area contributed by atoms with Gasteiger partial charge in [0.15, 0.2) is 6.23 Å². The molecule has 0 amide bonds. The molecule has 0 fully saturated rings. The second kappa shape index (κ2) is 5.01. The molecule has 1 aromatic rings. The highest BCUT2D eigenvalue weighted by Gasteiger charge is 2.05. The van der Waals surface area contributed by atoms with Crippen LogP contribution in [0, 0.1) is 0 Å². The fourth-order valence-corrected chi connectivity index (χ4v) is 1.31. The van der Waals surface area contributed by atoms with Gasteiger partial charge in [0, 0.05) is 5.02 Å². The Hall–Kier alpha value is -1.02. The minimum Gasteiger partial charge on any atom is -0.467 e. The van der Waals surface area contributed by atoms with Gasteiger partial charge in [0.1, 0.15) is 5.75 Å². The van der Waals surface area contributed by atoms with E-state index < -0.39 is 6.23 Å². The first-order chi connectivity index (χ1) is 6.63. The first kappa shape index (κ1) is 11.1. The molecule has 1 atom stereocenters. The number of benzene rings is 1. The Morgan fingerprint density at radius 2 is 2.21 bits per heavy atom. The first-order valence-corrected chi connectivity index (χ1v) is 4.58. The van der Waals surface area contributed by atoms with Crippen LogP contribution in [-0.4, -0.2) is 12.3 Å². The Morgan fingerprint density at radius 1 is 1.50 bits per heavy atom. The molecule has 5 heteroatoms. The molecule has 1 unspecified atom stereocenters. The third-order valence-electron chi connectivity index (χ3n) is 1.43. The van der Waals surface area contributed by atoms with Crippen LogP contribution in [0.1, 0.15) is 6.92 Å². The van der Waals surface area contributed by atoms with Crippen molar-refractivity contribution in [3.8, 4) is 5.75 Å². The maximum absolute atomic E-state index is 9.92. The maximum Gasteiger partial charge on any atom is 0.238 e. The van der Waals surface area contributed by atoms with Crippen LogP contribution in [0.25, 0.3) is 0 Å². The average molecular weight is 232 g/mol. The summed E-state index contributed by atoms with van der Waals surface area (Å²) >= 11 is 11.5. The summed E-state index contributed by atoms with van der Waals surface area (Å²) in [5, 5.41) is 0.902. The predicted octanol–water partition coefficient (Wildman–Crippen LogP) is 3.05. The second-order valence-electron chi connectivity index (χ2n) is 2.51. The molecule has 0 spiro atoms. The molecule has 0 aliphatic heterocycles. The molecular formula is C9H7Cl2NO2. The zero-order valence-electron chi connectivity index (χ0n) is 7.33. The molecular weight excluding hydrogens is 225 g/mol. The van der Waals surface area contributed by atoms with E-state index in [2.05, 4.69) is 4.99 Å². The lowest BCUT2D eigenvalue weighted by atomic mass is 10.3. The van der Waals surface area contributed by atoms with Crippen molar-refractivity contribution in [2.75, 3.05) is 0 Å². The summed E-state index contributed by atoms with van der Waals surface area (Å²) in [6, 6.07) is 4.80. The Morgan fingerprint density at radius 3 is 2.79 bits per heavy atom. The van der Waals surface area contributed by atoms with Gasteiger partial charge >= 0.3 is 0 Å². The summed E-state index contributed by atoms with van der Waals surface area (Å²) < 4.78 is 5.22. The lowest BCUT2D eigenvalue weighted by Crippen LogP contribution is -2.08. The molecule has 0 radical (unpaired) electrons. The molecule has 0 aliphatic rings. The molecule has 0 aromatic heterocycles.